The minimum absolute atomic E-state index is 0.112. The Bertz CT molecular complexity index is 285. The van der Waals surface area contributed by atoms with Gasteiger partial charge in [-0.2, -0.15) is 0 Å². The third-order valence-electron chi connectivity index (χ3n) is 1.94. The van der Waals surface area contributed by atoms with Gasteiger partial charge < -0.3 is 10.1 Å². The van der Waals surface area contributed by atoms with Crippen molar-refractivity contribution >= 4 is 17.3 Å². The Labute approximate surface area is 95.2 Å². The number of unbranched alkanes of at least 4 members (excludes halogenated alkanes) is 1. The Morgan fingerprint density at radius 3 is 2.47 bits per heavy atom. The van der Waals surface area contributed by atoms with Crippen LogP contribution in [0.5, 0.6) is 0 Å². The van der Waals surface area contributed by atoms with Crippen molar-refractivity contribution in [3.63, 3.8) is 0 Å². The fourth-order valence-corrected chi connectivity index (χ4v) is 1.14. The highest BCUT2D eigenvalue weighted by Crippen LogP contribution is 2.10. The molecule has 86 valence electrons. The van der Waals surface area contributed by atoms with E-state index in [2.05, 4.69) is 11.9 Å². The summed E-state index contributed by atoms with van der Waals surface area (Å²) in [5, 5.41) is 10.7. The molecule has 0 rings (SSSR count). The molecule has 0 aliphatic carbocycles. The Kier molecular flexibility index (Phi) is 6.96. The highest BCUT2D eigenvalue weighted by atomic mass is 35.5. The number of halogens is 1. The first kappa shape index (κ1) is 14.1. The molecule has 0 bridgehead atoms. The van der Waals surface area contributed by atoms with Gasteiger partial charge in [-0.15, -0.1) is 11.6 Å². The number of hydrogen-bond acceptors (Lipinski definition) is 3. The van der Waals surface area contributed by atoms with E-state index in [1.54, 1.807) is 13.8 Å². The first-order valence-corrected chi connectivity index (χ1v) is 5.50. The third kappa shape index (κ3) is 5.52. The third-order valence-corrected chi connectivity index (χ3v) is 2.34. The van der Waals surface area contributed by atoms with E-state index in [1.807, 2.05) is 0 Å². The largest absolute Gasteiger partial charge is 0.363 e. The van der Waals surface area contributed by atoms with E-state index in [9.17, 15) is 10.1 Å². The van der Waals surface area contributed by atoms with Crippen LogP contribution in [0.4, 0.5) is 0 Å². The van der Waals surface area contributed by atoms with Crippen LogP contribution in [0.2, 0.25) is 0 Å². The van der Waals surface area contributed by atoms with Crippen LogP contribution in [0.25, 0.3) is 0 Å². The lowest BCUT2D eigenvalue weighted by Crippen LogP contribution is -2.03. The number of alkyl halides is 1. The summed E-state index contributed by atoms with van der Waals surface area (Å²) < 4.78 is 0. The molecule has 0 saturated carbocycles. The molecule has 0 unspecified atom stereocenters. The molecule has 0 amide bonds. The monoisotopic (exact) mass is 232 g/mol. The van der Waals surface area contributed by atoms with Crippen molar-refractivity contribution in [2.45, 2.75) is 40.0 Å². The lowest BCUT2D eigenvalue weighted by molar-refractivity contribution is -0.427. The fourth-order valence-electron chi connectivity index (χ4n) is 1.02. The van der Waals surface area contributed by atoms with Crippen LogP contribution in [0.1, 0.15) is 40.0 Å². The van der Waals surface area contributed by atoms with E-state index in [-0.39, 0.29) is 11.7 Å². The molecule has 0 aliphatic heterocycles. The Morgan fingerprint density at radius 1 is 1.47 bits per heavy atom. The van der Waals surface area contributed by atoms with E-state index in [1.165, 1.54) is 0 Å². The Hall–Kier alpha value is -0.900. The number of allylic oxidation sites excluding steroid dienone is 1. The summed E-state index contributed by atoms with van der Waals surface area (Å²) in [4.78, 5) is 14.2. The van der Waals surface area contributed by atoms with Crippen molar-refractivity contribution in [3.8, 4) is 0 Å². The molecule has 0 N–H and O–H groups in total. The quantitative estimate of drug-likeness (QED) is 0.305. The molecule has 0 aromatic heterocycles. The molecule has 15 heavy (non-hydrogen) atoms. The summed E-state index contributed by atoms with van der Waals surface area (Å²) in [6, 6.07) is 0. The standard InChI is InChI=1S/C10H17ClN2O2/c1-4-5-6-9(3)12-10(13(14)15)8(2)7-11/h4-7H2,1-3H3/b10-8-,12-9-. The summed E-state index contributed by atoms with van der Waals surface area (Å²) in [6.45, 7) is 5.50. The molecular weight excluding hydrogens is 216 g/mol. The number of nitrogens with zero attached hydrogens (tertiary/aromatic N) is 2. The number of hydrogen-bond donors (Lipinski definition) is 0. The minimum Gasteiger partial charge on any atom is -0.358 e. The molecule has 0 fully saturated rings. The zero-order valence-corrected chi connectivity index (χ0v) is 10.2. The van der Waals surface area contributed by atoms with Gasteiger partial charge in [-0.1, -0.05) is 13.3 Å². The lowest BCUT2D eigenvalue weighted by atomic mass is 10.2. The zero-order valence-electron chi connectivity index (χ0n) is 9.42. The maximum absolute atomic E-state index is 10.7. The maximum atomic E-state index is 10.7. The second kappa shape index (κ2) is 7.40. The van der Waals surface area contributed by atoms with Gasteiger partial charge >= 0.3 is 5.82 Å². The van der Waals surface area contributed by atoms with Crippen molar-refractivity contribution in [1.82, 2.24) is 0 Å². The van der Waals surface area contributed by atoms with Gasteiger partial charge in [-0.25, -0.2) is 0 Å². The van der Waals surface area contributed by atoms with Crippen LogP contribution in [0, 0.1) is 10.1 Å². The Morgan fingerprint density at radius 2 is 2.07 bits per heavy atom. The number of aliphatic imine (C=N–C) groups is 1. The second-order valence-electron chi connectivity index (χ2n) is 3.45. The molecular formula is C10H17ClN2O2. The maximum Gasteiger partial charge on any atom is 0.363 e. The first-order valence-electron chi connectivity index (χ1n) is 4.97. The lowest BCUT2D eigenvalue weighted by Gasteiger charge is -1.98. The zero-order chi connectivity index (χ0) is 11.8. The topological polar surface area (TPSA) is 55.5 Å². The summed E-state index contributed by atoms with van der Waals surface area (Å²) in [6.07, 6.45) is 2.85. The van der Waals surface area contributed by atoms with Gasteiger partial charge in [0.25, 0.3) is 0 Å². The predicted octanol–water partition coefficient (Wildman–Crippen LogP) is 3.38. The van der Waals surface area contributed by atoms with Crippen molar-refractivity contribution in [2.75, 3.05) is 5.88 Å². The molecule has 0 heterocycles. The van der Waals surface area contributed by atoms with Gasteiger partial charge in [0, 0.05) is 12.0 Å². The average Bonchev–Trinajstić information content (AvgIpc) is 2.21. The van der Waals surface area contributed by atoms with E-state index in [0.717, 1.165) is 25.0 Å². The van der Waals surface area contributed by atoms with Crippen LogP contribution in [-0.4, -0.2) is 16.5 Å². The van der Waals surface area contributed by atoms with Crippen LogP contribution in [0.3, 0.4) is 0 Å². The van der Waals surface area contributed by atoms with Gasteiger partial charge in [-0.3, -0.25) is 0 Å². The molecule has 0 aromatic carbocycles. The molecule has 5 heteroatoms. The average molecular weight is 233 g/mol. The van der Waals surface area contributed by atoms with Crippen LogP contribution < -0.4 is 0 Å². The van der Waals surface area contributed by atoms with Crippen molar-refractivity contribution in [2.24, 2.45) is 4.99 Å². The minimum atomic E-state index is -0.479. The van der Waals surface area contributed by atoms with Crippen molar-refractivity contribution in [1.29, 1.82) is 0 Å². The molecule has 0 atom stereocenters. The van der Waals surface area contributed by atoms with Gasteiger partial charge in [0.1, 0.15) is 5.71 Å². The van der Waals surface area contributed by atoms with Crippen LogP contribution >= 0.6 is 11.6 Å². The highest BCUT2D eigenvalue weighted by Gasteiger charge is 2.14. The summed E-state index contributed by atoms with van der Waals surface area (Å²) in [5.41, 5.74) is 1.28. The molecule has 0 aliphatic rings. The van der Waals surface area contributed by atoms with Crippen molar-refractivity contribution in [3.05, 3.63) is 21.5 Å². The molecule has 0 radical (unpaired) electrons. The SMILES string of the molecule is CCCC/C(C)=N\C(=C(/C)CCl)[N+](=O)[O-]. The Balaban J connectivity index is 4.75. The molecule has 0 aromatic rings. The van der Waals surface area contributed by atoms with E-state index < -0.39 is 4.92 Å². The van der Waals surface area contributed by atoms with E-state index >= 15 is 0 Å². The van der Waals surface area contributed by atoms with Gasteiger partial charge in [0.05, 0.1) is 5.88 Å². The normalized spacial score (nSPS) is 13.7. The highest BCUT2D eigenvalue weighted by molar-refractivity contribution is 6.19. The second-order valence-corrected chi connectivity index (χ2v) is 3.71. The smallest absolute Gasteiger partial charge is 0.358 e. The summed E-state index contributed by atoms with van der Waals surface area (Å²) in [5.74, 6) is 0.0273. The number of nitro groups is 1. The summed E-state index contributed by atoms with van der Waals surface area (Å²) >= 11 is 5.55. The summed E-state index contributed by atoms with van der Waals surface area (Å²) in [7, 11) is 0. The number of rotatable bonds is 6. The molecule has 4 nitrogen and oxygen atoms in total. The van der Waals surface area contributed by atoms with Crippen LogP contribution in [-0.2, 0) is 0 Å². The molecule has 0 spiro atoms. The van der Waals surface area contributed by atoms with E-state index in [0.29, 0.717) is 5.57 Å². The van der Waals surface area contributed by atoms with Gasteiger partial charge in [-0.05, 0) is 30.2 Å². The van der Waals surface area contributed by atoms with Crippen molar-refractivity contribution < 1.29 is 4.92 Å². The first-order chi connectivity index (χ1) is 7.02. The van der Waals surface area contributed by atoms with Crippen LogP contribution in [0.15, 0.2) is 16.4 Å². The van der Waals surface area contributed by atoms with Gasteiger partial charge in [0.2, 0.25) is 0 Å². The van der Waals surface area contributed by atoms with E-state index in [4.69, 9.17) is 11.6 Å². The van der Waals surface area contributed by atoms with Gasteiger partial charge in [0.15, 0.2) is 0 Å². The fraction of sp³-hybridized carbons (Fsp3) is 0.700. The predicted molar refractivity (Wildman–Crippen MR) is 63.0 cm³/mol. The molecule has 0 saturated heterocycles.